The number of nitrogens with zero attached hydrogens (tertiary/aromatic N) is 3. The number of morpholine rings is 1. The predicted molar refractivity (Wildman–Crippen MR) is 54.0 cm³/mol. The standard InChI is InChI=1S/C9H14N4O2/c10-8-1-2-13(11-8)7-9(14)12-3-5-15-6-4-12/h1-2H,3-7H2,(H2,10,11). The highest BCUT2D eigenvalue weighted by molar-refractivity contribution is 5.76. The maximum atomic E-state index is 11.7. The summed E-state index contributed by atoms with van der Waals surface area (Å²) in [7, 11) is 0. The molecule has 1 aromatic rings. The molecule has 82 valence electrons. The van der Waals surface area contributed by atoms with E-state index < -0.39 is 0 Å². The Morgan fingerprint density at radius 3 is 2.87 bits per heavy atom. The van der Waals surface area contributed by atoms with Crippen molar-refractivity contribution >= 4 is 11.7 Å². The van der Waals surface area contributed by atoms with Gasteiger partial charge in [0.05, 0.1) is 13.2 Å². The number of hydrogen-bond donors (Lipinski definition) is 1. The van der Waals surface area contributed by atoms with E-state index in [0.717, 1.165) is 0 Å². The van der Waals surface area contributed by atoms with Crippen LogP contribution in [0, 0.1) is 0 Å². The molecule has 1 aliphatic heterocycles. The number of carbonyl (C=O) groups is 1. The molecule has 0 bridgehead atoms. The summed E-state index contributed by atoms with van der Waals surface area (Å²) in [6, 6.07) is 1.67. The van der Waals surface area contributed by atoms with E-state index in [1.165, 1.54) is 0 Å². The number of nitrogens with two attached hydrogens (primary N) is 1. The van der Waals surface area contributed by atoms with Crippen molar-refractivity contribution in [3.05, 3.63) is 12.3 Å². The van der Waals surface area contributed by atoms with Crippen molar-refractivity contribution in [2.24, 2.45) is 0 Å². The van der Waals surface area contributed by atoms with Gasteiger partial charge in [0.15, 0.2) is 0 Å². The van der Waals surface area contributed by atoms with Crippen molar-refractivity contribution in [2.45, 2.75) is 6.54 Å². The monoisotopic (exact) mass is 210 g/mol. The lowest BCUT2D eigenvalue weighted by atomic mass is 10.4. The summed E-state index contributed by atoms with van der Waals surface area (Å²) < 4.78 is 6.72. The molecule has 1 fully saturated rings. The molecule has 0 aromatic carbocycles. The van der Waals surface area contributed by atoms with Gasteiger partial charge in [0.2, 0.25) is 5.91 Å². The topological polar surface area (TPSA) is 73.4 Å². The lowest BCUT2D eigenvalue weighted by Gasteiger charge is -2.26. The number of aromatic nitrogens is 2. The fourth-order valence-corrected chi connectivity index (χ4v) is 1.52. The Hall–Kier alpha value is -1.56. The second-order valence-electron chi connectivity index (χ2n) is 3.43. The van der Waals surface area contributed by atoms with Crippen LogP contribution in [0.1, 0.15) is 0 Å². The molecule has 6 nitrogen and oxygen atoms in total. The van der Waals surface area contributed by atoms with Crippen LogP contribution in [0.15, 0.2) is 12.3 Å². The Bertz CT molecular complexity index is 344. The summed E-state index contributed by atoms with van der Waals surface area (Å²) in [6.07, 6.45) is 1.70. The van der Waals surface area contributed by atoms with Crippen molar-refractivity contribution in [1.29, 1.82) is 0 Å². The molecule has 2 heterocycles. The second-order valence-corrected chi connectivity index (χ2v) is 3.43. The molecule has 0 spiro atoms. The van der Waals surface area contributed by atoms with Crippen LogP contribution in [0.25, 0.3) is 0 Å². The summed E-state index contributed by atoms with van der Waals surface area (Å²) in [5.41, 5.74) is 5.46. The molecule has 15 heavy (non-hydrogen) atoms. The SMILES string of the molecule is Nc1ccn(CC(=O)N2CCOCC2)n1. The predicted octanol–water partition coefficient (Wildman–Crippen LogP) is -0.676. The molecule has 0 aliphatic carbocycles. The Morgan fingerprint density at radius 2 is 2.27 bits per heavy atom. The third-order valence-corrected chi connectivity index (χ3v) is 2.32. The van der Waals surface area contributed by atoms with E-state index in [4.69, 9.17) is 10.5 Å². The van der Waals surface area contributed by atoms with Crippen LogP contribution in [-0.2, 0) is 16.1 Å². The van der Waals surface area contributed by atoms with Gasteiger partial charge < -0.3 is 15.4 Å². The van der Waals surface area contributed by atoms with Crippen LogP contribution in [-0.4, -0.2) is 46.9 Å². The summed E-state index contributed by atoms with van der Waals surface area (Å²) in [6.45, 7) is 2.81. The normalized spacial score (nSPS) is 16.7. The fraction of sp³-hybridized carbons (Fsp3) is 0.556. The molecular formula is C9H14N4O2. The first-order valence-electron chi connectivity index (χ1n) is 4.90. The Kier molecular flexibility index (Phi) is 2.86. The zero-order chi connectivity index (χ0) is 10.7. The first kappa shape index (κ1) is 9.97. The van der Waals surface area contributed by atoms with E-state index in [2.05, 4.69) is 5.10 Å². The van der Waals surface area contributed by atoms with Gasteiger partial charge in [0.1, 0.15) is 12.4 Å². The maximum Gasteiger partial charge on any atom is 0.244 e. The number of carbonyl (C=O) groups excluding carboxylic acids is 1. The van der Waals surface area contributed by atoms with Gasteiger partial charge in [-0.3, -0.25) is 9.48 Å². The maximum absolute atomic E-state index is 11.7. The largest absolute Gasteiger partial charge is 0.382 e. The molecule has 0 atom stereocenters. The van der Waals surface area contributed by atoms with Crippen LogP contribution in [0.5, 0.6) is 0 Å². The third kappa shape index (κ3) is 2.47. The van der Waals surface area contributed by atoms with E-state index in [-0.39, 0.29) is 12.5 Å². The van der Waals surface area contributed by atoms with Crippen LogP contribution in [0.2, 0.25) is 0 Å². The third-order valence-electron chi connectivity index (χ3n) is 2.32. The average Bonchev–Trinajstić information content (AvgIpc) is 2.65. The molecule has 0 unspecified atom stereocenters. The van der Waals surface area contributed by atoms with E-state index in [1.807, 2.05) is 0 Å². The molecule has 0 radical (unpaired) electrons. The smallest absolute Gasteiger partial charge is 0.244 e. The second kappa shape index (κ2) is 4.31. The minimum atomic E-state index is 0.0569. The van der Waals surface area contributed by atoms with Crippen molar-refractivity contribution in [1.82, 2.24) is 14.7 Å². The minimum absolute atomic E-state index is 0.0569. The molecular weight excluding hydrogens is 196 g/mol. The summed E-state index contributed by atoms with van der Waals surface area (Å²) in [4.78, 5) is 13.5. The van der Waals surface area contributed by atoms with Gasteiger partial charge in [0.25, 0.3) is 0 Å². The Balaban J connectivity index is 1.91. The molecule has 1 saturated heterocycles. The fourth-order valence-electron chi connectivity index (χ4n) is 1.52. The lowest BCUT2D eigenvalue weighted by molar-refractivity contribution is -0.136. The van der Waals surface area contributed by atoms with Gasteiger partial charge in [-0.05, 0) is 6.07 Å². The van der Waals surface area contributed by atoms with E-state index in [1.54, 1.807) is 21.8 Å². The first-order valence-corrected chi connectivity index (χ1v) is 4.90. The zero-order valence-electron chi connectivity index (χ0n) is 8.43. The summed E-state index contributed by atoms with van der Waals surface area (Å²) >= 11 is 0. The molecule has 1 aromatic heterocycles. The van der Waals surface area contributed by atoms with Gasteiger partial charge in [-0.25, -0.2) is 0 Å². The van der Waals surface area contributed by atoms with Crippen molar-refractivity contribution < 1.29 is 9.53 Å². The molecule has 0 saturated carbocycles. The molecule has 1 aliphatic rings. The van der Waals surface area contributed by atoms with Gasteiger partial charge in [0, 0.05) is 19.3 Å². The number of hydrogen-bond acceptors (Lipinski definition) is 4. The number of nitrogen functional groups attached to an aromatic ring is 1. The molecule has 2 N–H and O–H groups in total. The first-order chi connectivity index (χ1) is 7.25. The van der Waals surface area contributed by atoms with Crippen molar-refractivity contribution in [3.8, 4) is 0 Å². The van der Waals surface area contributed by atoms with Gasteiger partial charge in [-0.15, -0.1) is 0 Å². The van der Waals surface area contributed by atoms with E-state index in [0.29, 0.717) is 32.1 Å². The lowest BCUT2D eigenvalue weighted by Crippen LogP contribution is -2.42. The molecule has 6 heteroatoms. The van der Waals surface area contributed by atoms with Crippen LogP contribution < -0.4 is 5.73 Å². The zero-order valence-corrected chi connectivity index (χ0v) is 8.43. The molecule has 2 rings (SSSR count). The van der Waals surface area contributed by atoms with Gasteiger partial charge in [-0.1, -0.05) is 0 Å². The highest BCUT2D eigenvalue weighted by Crippen LogP contribution is 2.01. The quantitative estimate of drug-likeness (QED) is 0.702. The minimum Gasteiger partial charge on any atom is -0.382 e. The molecule has 1 amide bonds. The Morgan fingerprint density at radius 1 is 1.53 bits per heavy atom. The van der Waals surface area contributed by atoms with Gasteiger partial charge >= 0.3 is 0 Å². The summed E-state index contributed by atoms with van der Waals surface area (Å²) in [5, 5.41) is 3.96. The van der Waals surface area contributed by atoms with Crippen LogP contribution in [0.4, 0.5) is 5.82 Å². The number of amides is 1. The summed E-state index contributed by atoms with van der Waals surface area (Å²) in [5.74, 6) is 0.492. The number of ether oxygens (including phenoxy) is 1. The number of rotatable bonds is 2. The highest BCUT2D eigenvalue weighted by atomic mass is 16.5. The van der Waals surface area contributed by atoms with E-state index >= 15 is 0 Å². The van der Waals surface area contributed by atoms with Crippen LogP contribution >= 0.6 is 0 Å². The Labute approximate surface area is 87.6 Å². The average molecular weight is 210 g/mol. The van der Waals surface area contributed by atoms with Crippen molar-refractivity contribution in [3.63, 3.8) is 0 Å². The van der Waals surface area contributed by atoms with Crippen LogP contribution in [0.3, 0.4) is 0 Å². The van der Waals surface area contributed by atoms with Crippen molar-refractivity contribution in [2.75, 3.05) is 32.0 Å². The highest BCUT2D eigenvalue weighted by Gasteiger charge is 2.16. The van der Waals surface area contributed by atoms with Gasteiger partial charge in [-0.2, -0.15) is 5.10 Å². The van der Waals surface area contributed by atoms with E-state index in [9.17, 15) is 4.79 Å². The number of anilines is 1.